The number of carbonyl (C=O) groups excluding carboxylic acids is 2. The van der Waals surface area contributed by atoms with Crippen LogP contribution in [0.5, 0.6) is 11.5 Å². The molecule has 4 aromatic heterocycles. The smallest absolute Gasteiger partial charge is 0.309 e. The number of benzene rings is 1. The number of hydrogen-bond acceptors (Lipinski definition) is 7. The van der Waals surface area contributed by atoms with E-state index >= 15 is 0 Å². The molecule has 0 aliphatic heterocycles. The van der Waals surface area contributed by atoms with Crippen LogP contribution in [0.15, 0.2) is 85.5 Å². The average Bonchev–Trinajstić information content (AvgIpc) is 3.34. The van der Waals surface area contributed by atoms with Gasteiger partial charge in [0.15, 0.2) is 5.78 Å². The number of carboxylic acid groups (broad SMARTS) is 1. The Kier molecular flexibility index (Phi) is 8.79. The maximum Gasteiger partial charge on any atom is 0.309 e. The quantitative estimate of drug-likeness (QED) is 0.156. The Bertz CT molecular complexity index is 1920. The number of Topliss-reactive ketones (excluding diaryl/α,β-unsaturated/α-hetero) is 1. The van der Waals surface area contributed by atoms with Gasteiger partial charge in [-0.25, -0.2) is 0 Å². The lowest BCUT2D eigenvalue weighted by Gasteiger charge is -2.22. The minimum absolute atomic E-state index is 0.0443. The van der Waals surface area contributed by atoms with Crippen molar-refractivity contribution < 1.29 is 29.0 Å². The van der Waals surface area contributed by atoms with Gasteiger partial charge in [-0.05, 0) is 55.7 Å². The third-order valence-corrected chi connectivity index (χ3v) is 7.90. The van der Waals surface area contributed by atoms with Gasteiger partial charge in [0.2, 0.25) is 5.78 Å². The first-order valence-electron chi connectivity index (χ1n) is 14.9. The minimum atomic E-state index is -1.27. The largest absolute Gasteiger partial charge is 0.496 e. The molecule has 0 fully saturated rings. The van der Waals surface area contributed by atoms with Gasteiger partial charge in [0, 0.05) is 53.0 Å². The van der Waals surface area contributed by atoms with Crippen LogP contribution in [0.4, 0.5) is 0 Å². The highest BCUT2D eigenvalue weighted by molar-refractivity contribution is 6.15. The lowest BCUT2D eigenvalue weighted by Crippen LogP contribution is -2.29. The summed E-state index contributed by atoms with van der Waals surface area (Å²) in [6.07, 6.45) is 6.67. The van der Waals surface area contributed by atoms with Crippen molar-refractivity contribution >= 4 is 23.1 Å². The molecule has 0 atom stereocenters. The molecule has 0 aliphatic rings. The van der Waals surface area contributed by atoms with Gasteiger partial charge in [0.05, 0.1) is 29.4 Å². The Morgan fingerprint density at radius 2 is 1.67 bits per heavy atom. The number of aliphatic carboxylic acids is 1. The van der Waals surface area contributed by atoms with E-state index in [0.29, 0.717) is 33.7 Å². The van der Waals surface area contributed by atoms with Gasteiger partial charge in [0.25, 0.3) is 0 Å². The molecule has 0 saturated carbocycles. The van der Waals surface area contributed by atoms with Crippen molar-refractivity contribution in [3.8, 4) is 22.6 Å². The van der Waals surface area contributed by atoms with Gasteiger partial charge in [0.1, 0.15) is 18.1 Å². The lowest BCUT2D eigenvalue weighted by atomic mass is 9.79. The second-order valence-electron chi connectivity index (χ2n) is 12.9. The normalized spacial score (nSPS) is 11.8. The van der Waals surface area contributed by atoms with E-state index in [-0.39, 0.29) is 30.3 Å². The number of carbonyl (C=O) groups is 3. The van der Waals surface area contributed by atoms with Crippen molar-refractivity contribution in [3.63, 3.8) is 0 Å². The first kappa shape index (κ1) is 32.1. The summed E-state index contributed by atoms with van der Waals surface area (Å²) in [5.74, 6) is -0.454. The maximum absolute atomic E-state index is 14.4. The molecular formula is C37H37N3O6. The predicted molar refractivity (Wildman–Crippen MR) is 175 cm³/mol. The Balaban J connectivity index is 1.68. The Morgan fingerprint density at radius 3 is 2.30 bits per heavy atom. The van der Waals surface area contributed by atoms with E-state index in [2.05, 4.69) is 9.97 Å². The summed E-state index contributed by atoms with van der Waals surface area (Å²) in [6, 6.07) is 17.8. The van der Waals surface area contributed by atoms with Crippen molar-refractivity contribution in [3.05, 3.63) is 114 Å². The van der Waals surface area contributed by atoms with Gasteiger partial charge in [-0.3, -0.25) is 24.4 Å². The molecule has 46 heavy (non-hydrogen) atoms. The zero-order valence-corrected chi connectivity index (χ0v) is 26.8. The highest BCUT2D eigenvalue weighted by Gasteiger charge is 2.37. The highest BCUT2D eigenvalue weighted by atomic mass is 16.5. The van der Waals surface area contributed by atoms with Crippen molar-refractivity contribution in [2.75, 3.05) is 7.11 Å². The van der Waals surface area contributed by atoms with E-state index in [4.69, 9.17) is 9.47 Å². The Hall–Kier alpha value is -5.31. The summed E-state index contributed by atoms with van der Waals surface area (Å²) in [6.45, 7) is 8.81. The molecule has 0 amide bonds. The summed E-state index contributed by atoms with van der Waals surface area (Å²) in [4.78, 5) is 49.4. The van der Waals surface area contributed by atoms with E-state index in [1.54, 1.807) is 101 Å². The third kappa shape index (κ3) is 6.40. The fraction of sp³-hybridized carbons (Fsp3) is 0.270. The van der Waals surface area contributed by atoms with E-state index < -0.39 is 16.8 Å². The molecule has 0 saturated heterocycles. The molecule has 5 aromatic rings. The van der Waals surface area contributed by atoms with Gasteiger partial charge >= 0.3 is 5.97 Å². The number of pyridine rings is 3. The second kappa shape index (κ2) is 12.6. The van der Waals surface area contributed by atoms with Crippen LogP contribution in [-0.4, -0.2) is 44.1 Å². The monoisotopic (exact) mass is 619 g/mol. The molecule has 236 valence electrons. The zero-order valence-electron chi connectivity index (χ0n) is 26.8. The van der Waals surface area contributed by atoms with Crippen LogP contribution in [-0.2, 0) is 17.8 Å². The first-order valence-corrected chi connectivity index (χ1v) is 14.9. The van der Waals surface area contributed by atoms with Crippen molar-refractivity contribution in [1.82, 2.24) is 14.4 Å². The zero-order chi connectivity index (χ0) is 33.2. The van der Waals surface area contributed by atoms with Crippen LogP contribution >= 0.6 is 0 Å². The Labute approximate surface area is 267 Å². The van der Waals surface area contributed by atoms with Crippen molar-refractivity contribution in [2.24, 2.45) is 10.8 Å². The standard InChI is InChI=1S/C37H37N3O6/c1-36(2,3)34(42)31-27(20-37(4,5)35(43)44)32(40-18-15-26(19-29(31)40)46-22-25-9-7-8-16-39-25)33(41)24-12-10-23(11-13-24)28-21-38-17-14-30(28)45-6/h7-19,21H,20,22H2,1-6H3,(H,43,44). The number of methoxy groups -OCH3 is 1. The van der Waals surface area contributed by atoms with Crippen LogP contribution in [0.2, 0.25) is 0 Å². The molecule has 0 unspecified atom stereocenters. The average molecular weight is 620 g/mol. The molecule has 4 heterocycles. The molecule has 0 radical (unpaired) electrons. The minimum Gasteiger partial charge on any atom is -0.496 e. The molecule has 1 N–H and O–H groups in total. The topological polar surface area (TPSA) is 120 Å². The van der Waals surface area contributed by atoms with Crippen LogP contribution < -0.4 is 9.47 Å². The van der Waals surface area contributed by atoms with Gasteiger partial charge in [-0.1, -0.05) is 51.1 Å². The molecule has 9 nitrogen and oxygen atoms in total. The molecule has 0 spiro atoms. The first-order chi connectivity index (χ1) is 21.8. The van der Waals surface area contributed by atoms with Crippen LogP contribution in [0.25, 0.3) is 16.6 Å². The fourth-order valence-corrected chi connectivity index (χ4v) is 5.30. The molecular weight excluding hydrogens is 582 g/mol. The van der Waals surface area contributed by atoms with Gasteiger partial charge < -0.3 is 19.0 Å². The molecule has 1 aromatic carbocycles. The van der Waals surface area contributed by atoms with E-state index in [9.17, 15) is 19.5 Å². The van der Waals surface area contributed by atoms with Gasteiger partial charge in [-0.15, -0.1) is 0 Å². The summed E-state index contributed by atoms with van der Waals surface area (Å²) in [5, 5.41) is 10.1. The number of rotatable bonds is 11. The van der Waals surface area contributed by atoms with Crippen LogP contribution in [0.3, 0.4) is 0 Å². The van der Waals surface area contributed by atoms with Crippen LogP contribution in [0, 0.1) is 10.8 Å². The summed E-state index contributed by atoms with van der Waals surface area (Å²) < 4.78 is 13.2. The van der Waals surface area contributed by atoms with E-state index in [0.717, 1.165) is 16.8 Å². The number of ketones is 2. The fourth-order valence-electron chi connectivity index (χ4n) is 5.30. The predicted octanol–water partition coefficient (Wildman–Crippen LogP) is 7.10. The Morgan fingerprint density at radius 1 is 0.935 bits per heavy atom. The van der Waals surface area contributed by atoms with Gasteiger partial charge in [-0.2, -0.15) is 0 Å². The number of aromatic nitrogens is 3. The molecule has 0 aliphatic carbocycles. The number of fused-ring (bicyclic) bond motifs is 1. The lowest BCUT2D eigenvalue weighted by molar-refractivity contribution is -0.146. The highest BCUT2D eigenvalue weighted by Crippen LogP contribution is 2.38. The summed E-state index contributed by atoms with van der Waals surface area (Å²) >= 11 is 0. The summed E-state index contributed by atoms with van der Waals surface area (Å²) in [5.41, 5.74) is 2.01. The maximum atomic E-state index is 14.4. The van der Waals surface area contributed by atoms with Crippen molar-refractivity contribution in [1.29, 1.82) is 0 Å². The number of hydrogen-bond donors (Lipinski definition) is 1. The number of ether oxygens (including phenoxy) is 2. The molecule has 5 rings (SSSR count). The molecule has 0 bridgehead atoms. The van der Waals surface area contributed by atoms with E-state index in [1.807, 2.05) is 30.3 Å². The second-order valence-corrected chi connectivity index (χ2v) is 12.9. The summed E-state index contributed by atoms with van der Waals surface area (Å²) in [7, 11) is 1.58. The number of carboxylic acids is 1. The van der Waals surface area contributed by atoms with Crippen LogP contribution in [0.1, 0.15) is 72.3 Å². The van der Waals surface area contributed by atoms with E-state index in [1.165, 1.54) is 0 Å². The SMILES string of the molecule is COc1ccncc1-c1ccc(C(=O)c2c(CC(C)(C)C(=O)O)c(C(=O)C(C)(C)C)c3cc(OCc4ccccn4)ccn23)cc1. The molecule has 9 heteroatoms. The number of nitrogens with zero attached hydrogens (tertiary/aromatic N) is 3. The van der Waals surface area contributed by atoms with Crippen molar-refractivity contribution in [2.45, 2.75) is 47.6 Å². The third-order valence-electron chi connectivity index (χ3n) is 7.90.